The van der Waals surface area contributed by atoms with Crippen molar-refractivity contribution in [2.45, 2.75) is 24.1 Å². The second-order valence-electron chi connectivity index (χ2n) is 3.01. The zero-order valence-corrected chi connectivity index (χ0v) is 8.51. The molecule has 0 heterocycles. The van der Waals surface area contributed by atoms with Crippen LogP contribution >= 0.6 is 0 Å². The average molecular weight is 272 g/mol. The molecule has 0 aromatic carbocycles. The normalized spacial score (nSPS) is 15.2. The van der Waals surface area contributed by atoms with Crippen molar-refractivity contribution < 1.29 is 45.5 Å². The Morgan fingerprint density at radius 3 is 1.81 bits per heavy atom. The predicted molar refractivity (Wildman–Crippen MR) is 40.2 cm³/mol. The third-order valence-electron chi connectivity index (χ3n) is 1.19. The number of alkyl halides is 4. The van der Waals surface area contributed by atoms with Crippen molar-refractivity contribution in [3.8, 4) is 0 Å². The van der Waals surface area contributed by atoms with Crippen molar-refractivity contribution in [3.05, 3.63) is 0 Å². The van der Waals surface area contributed by atoms with Gasteiger partial charge in [-0.15, -0.1) is 0 Å². The summed E-state index contributed by atoms with van der Waals surface area (Å²) in [5.41, 5.74) is 0. The number of rotatable bonds is 5. The van der Waals surface area contributed by atoms with Gasteiger partial charge in [0.25, 0.3) is 0 Å². The smallest absolute Gasteiger partial charge is 0.364 e. The maximum Gasteiger partial charge on any atom is 0.459 e. The zero-order chi connectivity index (χ0) is 13.4. The average Bonchev–Trinajstić information content (AvgIpc) is 1.97. The molecule has 0 aliphatic heterocycles. The Bertz CT molecular complexity index is 344. The van der Waals surface area contributed by atoms with E-state index in [0.29, 0.717) is 6.92 Å². The van der Waals surface area contributed by atoms with Crippen LogP contribution in [0.25, 0.3) is 0 Å². The molecular weight excluding hydrogens is 264 g/mol. The Kier molecular flexibility index (Phi) is 3.95. The number of aliphatic hydroxyl groups is 2. The number of hydrogen-bond acceptors (Lipinski definition) is 5. The van der Waals surface area contributed by atoms with Gasteiger partial charge in [0.1, 0.15) is 6.61 Å². The van der Waals surface area contributed by atoms with Gasteiger partial charge in [-0.2, -0.15) is 26.0 Å². The molecule has 0 rings (SSSR count). The molecule has 0 amide bonds. The van der Waals surface area contributed by atoms with Gasteiger partial charge in [-0.3, -0.25) is 4.55 Å². The molecule has 0 aliphatic rings. The molecule has 11 heteroatoms. The SMILES string of the molecule is CC(O)(O)COC(F)(F)C(F)(F)S(=O)(=O)O. The lowest BCUT2D eigenvalue weighted by Crippen LogP contribution is -2.50. The first kappa shape index (κ1) is 15.5. The lowest BCUT2D eigenvalue weighted by molar-refractivity contribution is -0.344. The van der Waals surface area contributed by atoms with Gasteiger partial charge >= 0.3 is 21.5 Å². The topological polar surface area (TPSA) is 104 Å². The summed E-state index contributed by atoms with van der Waals surface area (Å²) in [5, 5.41) is 11.1. The van der Waals surface area contributed by atoms with Crippen molar-refractivity contribution in [2.75, 3.05) is 6.61 Å². The highest BCUT2D eigenvalue weighted by Crippen LogP contribution is 2.39. The summed E-state index contributed by atoms with van der Waals surface area (Å²) in [6.45, 7) is -1.15. The molecule has 0 unspecified atom stereocenters. The lowest BCUT2D eigenvalue weighted by atomic mass is 10.4. The van der Waals surface area contributed by atoms with E-state index in [-0.39, 0.29) is 0 Å². The van der Waals surface area contributed by atoms with Crippen molar-refractivity contribution in [1.82, 2.24) is 0 Å². The Morgan fingerprint density at radius 1 is 1.19 bits per heavy atom. The largest absolute Gasteiger partial charge is 0.459 e. The van der Waals surface area contributed by atoms with Crippen LogP contribution in [0.4, 0.5) is 17.6 Å². The number of hydrogen-bond donors (Lipinski definition) is 3. The molecule has 0 spiro atoms. The molecule has 0 aliphatic carbocycles. The quantitative estimate of drug-likeness (QED) is 0.363. The maximum atomic E-state index is 12.5. The summed E-state index contributed by atoms with van der Waals surface area (Å²) in [5.74, 6) is -2.86. The summed E-state index contributed by atoms with van der Waals surface area (Å²) in [6, 6.07) is 0. The molecule has 0 aromatic rings. The van der Waals surface area contributed by atoms with E-state index in [2.05, 4.69) is 4.74 Å². The minimum atomic E-state index is -6.40. The monoisotopic (exact) mass is 272 g/mol. The zero-order valence-electron chi connectivity index (χ0n) is 7.69. The summed E-state index contributed by atoms with van der Waals surface area (Å²) in [4.78, 5) is 0. The first-order chi connectivity index (χ1) is 6.71. The Morgan fingerprint density at radius 2 is 1.56 bits per heavy atom. The molecule has 0 saturated heterocycles. The molecule has 0 fully saturated rings. The van der Waals surface area contributed by atoms with Crippen LogP contribution in [0.2, 0.25) is 0 Å². The molecule has 0 saturated carbocycles. The minimum Gasteiger partial charge on any atom is -0.364 e. The fraction of sp³-hybridized carbons (Fsp3) is 1.00. The number of ether oxygens (including phenoxy) is 1. The summed E-state index contributed by atoms with van der Waals surface area (Å²) in [6.07, 6.45) is -5.60. The summed E-state index contributed by atoms with van der Waals surface area (Å²) in [7, 11) is -6.40. The maximum absolute atomic E-state index is 12.5. The van der Waals surface area contributed by atoms with E-state index in [4.69, 9.17) is 14.8 Å². The summed E-state index contributed by atoms with van der Waals surface area (Å²) >= 11 is 0. The Hall–Kier alpha value is -0.490. The molecule has 3 N–H and O–H groups in total. The third-order valence-corrected chi connectivity index (χ3v) is 2.08. The standard InChI is InChI=1S/C5H8F4O6S/c1-3(10,11)2-15-4(6,7)5(8,9)16(12,13)14/h10-11H,2H2,1H3,(H,12,13,14). The van der Waals surface area contributed by atoms with Gasteiger partial charge in [0, 0.05) is 0 Å². The van der Waals surface area contributed by atoms with E-state index >= 15 is 0 Å². The number of halogens is 4. The van der Waals surface area contributed by atoms with Gasteiger partial charge in [-0.05, 0) is 6.92 Å². The van der Waals surface area contributed by atoms with Crippen LogP contribution < -0.4 is 0 Å². The molecule has 0 aromatic heterocycles. The van der Waals surface area contributed by atoms with Crippen molar-refractivity contribution in [1.29, 1.82) is 0 Å². The van der Waals surface area contributed by atoms with E-state index in [1.807, 2.05) is 0 Å². The van der Waals surface area contributed by atoms with Gasteiger partial charge in [-0.25, -0.2) is 0 Å². The van der Waals surface area contributed by atoms with Gasteiger partial charge in [0.15, 0.2) is 5.79 Å². The molecule has 0 atom stereocenters. The van der Waals surface area contributed by atoms with Crippen LogP contribution in [0.3, 0.4) is 0 Å². The van der Waals surface area contributed by atoms with Crippen molar-refractivity contribution >= 4 is 10.1 Å². The van der Waals surface area contributed by atoms with Gasteiger partial charge < -0.3 is 14.9 Å². The molecular formula is C5H8F4O6S. The van der Waals surface area contributed by atoms with E-state index in [9.17, 15) is 26.0 Å². The van der Waals surface area contributed by atoms with E-state index in [1.54, 1.807) is 0 Å². The molecule has 6 nitrogen and oxygen atoms in total. The van der Waals surface area contributed by atoms with E-state index in [1.165, 1.54) is 0 Å². The van der Waals surface area contributed by atoms with Crippen LogP contribution in [-0.2, 0) is 14.9 Å². The fourth-order valence-corrected chi connectivity index (χ4v) is 0.821. The fourth-order valence-electron chi connectivity index (χ4n) is 0.462. The predicted octanol–water partition coefficient (Wildman–Crippen LogP) is -0.223. The second-order valence-corrected chi connectivity index (χ2v) is 4.48. The van der Waals surface area contributed by atoms with Crippen LogP contribution in [0.1, 0.15) is 6.92 Å². The van der Waals surface area contributed by atoms with Gasteiger partial charge in [-0.1, -0.05) is 0 Å². The Labute approximate surface area is 87.2 Å². The van der Waals surface area contributed by atoms with Crippen molar-refractivity contribution in [2.24, 2.45) is 0 Å². The molecule has 16 heavy (non-hydrogen) atoms. The second kappa shape index (κ2) is 4.07. The molecule has 0 radical (unpaired) electrons. The van der Waals surface area contributed by atoms with Gasteiger partial charge in [0.2, 0.25) is 0 Å². The molecule has 0 bridgehead atoms. The third kappa shape index (κ3) is 3.52. The van der Waals surface area contributed by atoms with Crippen LogP contribution in [-0.4, -0.2) is 46.9 Å². The Balaban J connectivity index is 4.94. The van der Waals surface area contributed by atoms with Crippen LogP contribution in [0.15, 0.2) is 0 Å². The highest BCUT2D eigenvalue weighted by atomic mass is 32.2. The van der Waals surface area contributed by atoms with E-state index in [0.717, 1.165) is 0 Å². The highest BCUT2D eigenvalue weighted by Gasteiger charge is 2.67. The summed E-state index contributed by atoms with van der Waals surface area (Å²) < 4.78 is 80.6. The van der Waals surface area contributed by atoms with Gasteiger partial charge in [0.05, 0.1) is 0 Å². The minimum absolute atomic E-state index is 0.536. The van der Waals surface area contributed by atoms with Crippen LogP contribution in [0, 0.1) is 0 Å². The van der Waals surface area contributed by atoms with E-state index < -0.39 is 33.9 Å². The highest BCUT2D eigenvalue weighted by molar-refractivity contribution is 7.86. The molecule has 98 valence electrons. The first-order valence-corrected chi connectivity index (χ1v) is 4.96. The van der Waals surface area contributed by atoms with Crippen LogP contribution in [0.5, 0.6) is 0 Å². The lowest BCUT2D eigenvalue weighted by Gasteiger charge is -2.25. The van der Waals surface area contributed by atoms with Crippen molar-refractivity contribution in [3.63, 3.8) is 0 Å². The first-order valence-electron chi connectivity index (χ1n) is 3.52.